The maximum atomic E-state index is 11.8. The van der Waals surface area contributed by atoms with Gasteiger partial charge in [-0.3, -0.25) is 14.9 Å². The summed E-state index contributed by atoms with van der Waals surface area (Å²) >= 11 is 0. The van der Waals surface area contributed by atoms with E-state index in [4.69, 9.17) is 0 Å². The minimum absolute atomic E-state index is 0.0151. The monoisotopic (exact) mass is 327 g/mol. The van der Waals surface area contributed by atoms with Gasteiger partial charge in [-0.2, -0.15) is 0 Å². The fourth-order valence-electron chi connectivity index (χ4n) is 2.24. The summed E-state index contributed by atoms with van der Waals surface area (Å²) in [5, 5.41) is 16.2. The Kier molecular flexibility index (Phi) is 4.96. The molecule has 1 aliphatic rings. The van der Waals surface area contributed by atoms with E-state index < -0.39 is 20.7 Å². The molecule has 120 valence electrons. The fourth-order valence-corrected chi connectivity index (χ4v) is 3.98. The second-order valence-electron chi connectivity index (χ2n) is 5.12. The van der Waals surface area contributed by atoms with Crippen molar-refractivity contribution < 1.29 is 18.1 Å². The molecule has 1 heterocycles. The molecule has 0 aliphatic carbocycles. The molecular formula is C13H17N3O5S. The smallest absolute Gasteiger partial charge is 0.269 e. The Balaban J connectivity index is 1.71. The zero-order chi connectivity index (χ0) is 16.2. The van der Waals surface area contributed by atoms with Crippen molar-refractivity contribution in [2.45, 2.75) is 6.42 Å². The van der Waals surface area contributed by atoms with Crippen molar-refractivity contribution >= 4 is 27.1 Å². The molecule has 1 amide bonds. The third kappa shape index (κ3) is 4.42. The first-order valence-corrected chi connectivity index (χ1v) is 8.66. The Morgan fingerprint density at radius 1 is 1.27 bits per heavy atom. The number of nitrogens with zero attached hydrogens (tertiary/aromatic N) is 1. The van der Waals surface area contributed by atoms with Crippen molar-refractivity contribution in [2.24, 2.45) is 5.92 Å². The largest absolute Gasteiger partial charge is 0.383 e. The lowest BCUT2D eigenvalue weighted by molar-refractivity contribution is -0.384. The molecule has 1 aromatic rings. The summed E-state index contributed by atoms with van der Waals surface area (Å²) in [5.41, 5.74) is 0.726. The van der Waals surface area contributed by atoms with Gasteiger partial charge in [-0.05, 0) is 18.6 Å². The van der Waals surface area contributed by atoms with Crippen LogP contribution >= 0.6 is 0 Å². The number of benzene rings is 1. The summed E-state index contributed by atoms with van der Waals surface area (Å²) in [4.78, 5) is 21.8. The van der Waals surface area contributed by atoms with Gasteiger partial charge in [0.15, 0.2) is 9.84 Å². The number of anilines is 1. The van der Waals surface area contributed by atoms with Gasteiger partial charge in [-0.1, -0.05) is 0 Å². The Morgan fingerprint density at radius 2 is 1.95 bits per heavy atom. The Hall–Kier alpha value is -2.16. The molecule has 22 heavy (non-hydrogen) atoms. The van der Waals surface area contributed by atoms with Crippen molar-refractivity contribution in [2.75, 3.05) is 29.9 Å². The molecule has 1 aliphatic heterocycles. The molecule has 2 N–H and O–H groups in total. The molecule has 1 unspecified atom stereocenters. The summed E-state index contributed by atoms with van der Waals surface area (Å²) in [6.07, 6.45) is 0.379. The molecule has 1 atom stereocenters. The average Bonchev–Trinajstić information content (AvgIpc) is 2.84. The van der Waals surface area contributed by atoms with Crippen LogP contribution in [0.3, 0.4) is 0 Å². The summed E-state index contributed by atoms with van der Waals surface area (Å²) in [6.45, 7) is 0.801. The number of sulfone groups is 1. The third-order valence-corrected chi connectivity index (χ3v) is 5.20. The molecule has 0 aromatic heterocycles. The minimum Gasteiger partial charge on any atom is -0.383 e. The lowest BCUT2D eigenvalue weighted by Crippen LogP contribution is -2.34. The van der Waals surface area contributed by atoms with E-state index in [0.29, 0.717) is 25.2 Å². The van der Waals surface area contributed by atoms with Gasteiger partial charge in [0.05, 0.1) is 22.3 Å². The van der Waals surface area contributed by atoms with Crippen LogP contribution in [0.25, 0.3) is 0 Å². The van der Waals surface area contributed by atoms with E-state index in [9.17, 15) is 23.3 Å². The van der Waals surface area contributed by atoms with E-state index >= 15 is 0 Å². The van der Waals surface area contributed by atoms with Crippen LogP contribution < -0.4 is 10.6 Å². The second kappa shape index (κ2) is 6.73. The number of nitro groups is 1. The van der Waals surface area contributed by atoms with Gasteiger partial charge >= 0.3 is 0 Å². The predicted octanol–water partition coefficient (Wildman–Crippen LogP) is 0.558. The number of nitrogens with one attached hydrogen (secondary N) is 2. The van der Waals surface area contributed by atoms with E-state index in [0.717, 1.165) is 0 Å². The molecule has 8 nitrogen and oxygen atoms in total. The molecular weight excluding hydrogens is 310 g/mol. The van der Waals surface area contributed by atoms with Crippen LogP contribution in [-0.2, 0) is 14.6 Å². The quantitative estimate of drug-likeness (QED) is 0.448. The SMILES string of the molecule is O=C(NCCNc1ccc([N+](=O)[O-])cc1)C1CCS(=O)(=O)C1. The topological polar surface area (TPSA) is 118 Å². The Bertz CT molecular complexity index is 657. The highest BCUT2D eigenvalue weighted by Gasteiger charge is 2.32. The summed E-state index contributed by atoms with van der Waals surface area (Å²) < 4.78 is 22.6. The van der Waals surface area contributed by atoms with Crippen LogP contribution in [0, 0.1) is 16.0 Å². The first kappa shape index (κ1) is 16.2. The number of rotatable bonds is 6. The number of hydrogen-bond donors (Lipinski definition) is 2. The molecule has 1 saturated heterocycles. The number of amides is 1. The molecule has 2 rings (SSSR count). The molecule has 1 aromatic carbocycles. The number of hydrogen-bond acceptors (Lipinski definition) is 6. The normalized spacial score (nSPS) is 19.5. The first-order valence-electron chi connectivity index (χ1n) is 6.84. The van der Waals surface area contributed by atoms with Crippen LogP contribution in [0.4, 0.5) is 11.4 Å². The summed E-state index contributed by atoms with van der Waals surface area (Å²) in [7, 11) is -3.06. The van der Waals surface area contributed by atoms with Gasteiger partial charge in [-0.25, -0.2) is 8.42 Å². The third-order valence-electron chi connectivity index (χ3n) is 3.43. The van der Waals surface area contributed by atoms with Crippen molar-refractivity contribution in [3.05, 3.63) is 34.4 Å². The molecule has 0 bridgehead atoms. The van der Waals surface area contributed by atoms with Gasteiger partial charge < -0.3 is 10.6 Å². The van der Waals surface area contributed by atoms with E-state index in [1.807, 2.05) is 0 Å². The van der Waals surface area contributed by atoms with Crippen molar-refractivity contribution in [1.29, 1.82) is 0 Å². The van der Waals surface area contributed by atoms with Gasteiger partial charge in [0.25, 0.3) is 5.69 Å². The van der Waals surface area contributed by atoms with Crippen LogP contribution in [0.15, 0.2) is 24.3 Å². The maximum Gasteiger partial charge on any atom is 0.269 e. The molecule has 9 heteroatoms. The van der Waals surface area contributed by atoms with Crippen LogP contribution in [0.1, 0.15) is 6.42 Å². The van der Waals surface area contributed by atoms with E-state index in [1.54, 1.807) is 12.1 Å². The standard InChI is InChI=1S/C13H17N3O5S/c17-13(10-5-8-22(20,21)9-10)15-7-6-14-11-1-3-12(4-2-11)16(18)19/h1-4,10,14H,5-9H2,(H,15,17). The Morgan fingerprint density at radius 3 is 2.50 bits per heavy atom. The van der Waals surface area contributed by atoms with E-state index in [1.165, 1.54) is 12.1 Å². The molecule has 0 radical (unpaired) electrons. The summed E-state index contributed by atoms with van der Waals surface area (Å²) in [5.74, 6) is -0.697. The number of carbonyl (C=O) groups excluding carboxylic acids is 1. The summed E-state index contributed by atoms with van der Waals surface area (Å²) in [6, 6.07) is 5.96. The molecule has 0 spiro atoms. The first-order chi connectivity index (χ1) is 10.4. The lowest BCUT2D eigenvalue weighted by atomic mass is 10.1. The van der Waals surface area contributed by atoms with Crippen molar-refractivity contribution in [3.63, 3.8) is 0 Å². The van der Waals surface area contributed by atoms with E-state index in [2.05, 4.69) is 10.6 Å². The number of carbonyl (C=O) groups is 1. The maximum absolute atomic E-state index is 11.8. The lowest BCUT2D eigenvalue weighted by Gasteiger charge is -2.10. The second-order valence-corrected chi connectivity index (χ2v) is 7.35. The zero-order valence-corrected chi connectivity index (χ0v) is 12.6. The predicted molar refractivity (Wildman–Crippen MR) is 81.4 cm³/mol. The highest BCUT2D eigenvalue weighted by atomic mass is 32.2. The highest BCUT2D eigenvalue weighted by molar-refractivity contribution is 7.91. The van der Waals surface area contributed by atoms with Gasteiger partial charge in [-0.15, -0.1) is 0 Å². The highest BCUT2D eigenvalue weighted by Crippen LogP contribution is 2.18. The number of nitro benzene ring substituents is 1. The Labute approximate surface area is 128 Å². The number of non-ortho nitro benzene ring substituents is 1. The van der Waals surface area contributed by atoms with Crippen LogP contribution in [0.5, 0.6) is 0 Å². The van der Waals surface area contributed by atoms with Gasteiger partial charge in [0.2, 0.25) is 5.91 Å². The van der Waals surface area contributed by atoms with Crippen molar-refractivity contribution in [3.8, 4) is 0 Å². The van der Waals surface area contributed by atoms with Gasteiger partial charge in [0, 0.05) is 30.9 Å². The van der Waals surface area contributed by atoms with Gasteiger partial charge in [0.1, 0.15) is 0 Å². The van der Waals surface area contributed by atoms with Crippen molar-refractivity contribution in [1.82, 2.24) is 5.32 Å². The zero-order valence-electron chi connectivity index (χ0n) is 11.8. The molecule has 0 saturated carbocycles. The molecule has 1 fully saturated rings. The minimum atomic E-state index is -3.06. The van der Waals surface area contributed by atoms with Crippen LogP contribution in [-0.4, -0.2) is 43.8 Å². The fraction of sp³-hybridized carbons (Fsp3) is 0.462. The van der Waals surface area contributed by atoms with Crippen LogP contribution in [0.2, 0.25) is 0 Å². The van der Waals surface area contributed by atoms with E-state index in [-0.39, 0.29) is 23.1 Å². The average molecular weight is 327 g/mol.